The Morgan fingerprint density at radius 1 is 1.06 bits per heavy atom. The van der Waals surface area contributed by atoms with Crippen molar-refractivity contribution in [2.24, 2.45) is 0 Å². The number of carbonyl (C=O) groups is 3. The minimum atomic E-state index is -0.651. The van der Waals surface area contributed by atoms with Gasteiger partial charge in [-0.3, -0.25) is 4.79 Å². The summed E-state index contributed by atoms with van der Waals surface area (Å²) in [6.07, 6.45) is 0.959. The zero-order valence-corrected chi connectivity index (χ0v) is 22.4. The number of hydrogen-bond donors (Lipinski definition) is 1. The second kappa shape index (κ2) is 12.5. The first-order chi connectivity index (χ1) is 17.3. The smallest absolute Gasteiger partial charge is 0.348 e. The zero-order valence-electron chi connectivity index (χ0n) is 20.7. The molecular weight excluding hydrogens is 504 g/mol. The Morgan fingerprint density at radius 2 is 1.75 bits per heavy atom. The molecule has 0 aliphatic carbocycles. The number of amides is 1. The number of rotatable bonds is 11. The molecule has 36 heavy (non-hydrogen) atoms. The van der Waals surface area contributed by atoms with Crippen molar-refractivity contribution >= 4 is 45.9 Å². The van der Waals surface area contributed by atoms with Crippen LogP contribution in [0.25, 0.3) is 0 Å². The van der Waals surface area contributed by atoms with E-state index in [1.807, 2.05) is 35.8 Å². The molecule has 0 saturated heterocycles. The van der Waals surface area contributed by atoms with Gasteiger partial charge in [-0.05, 0) is 43.5 Å². The molecule has 10 nitrogen and oxygen atoms in total. The predicted molar refractivity (Wildman–Crippen MR) is 137 cm³/mol. The number of anilines is 1. The highest BCUT2D eigenvalue weighted by molar-refractivity contribution is 7.99. The van der Waals surface area contributed by atoms with Crippen LogP contribution in [0, 0.1) is 6.92 Å². The Morgan fingerprint density at radius 3 is 2.36 bits per heavy atom. The number of nitrogens with zero attached hydrogens (tertiary/aromatic N) is 3. The van der Waals surface area contributed by atoms with E-state index < -0.39 is 11.9 Å². The fraction of sp³-hybridized carbons (Fsp3) is 0.375. The van der Waals surface area contributed by atoms with Crippen LogP contribution >= 0.6 is 23.1 Å². The number of carbonyl (C=O) groups excluding carboxylic acids is 3. The maximum atomic E-state index is 12.7. The Kier molecular flexibility index (Phi) is 9.48. The van der Waals surface area contributed by atoms with Crippen molar-refractivity contribution in [1.82, 2.24) is 14.8 Å². The molecule has 0 spiro atoms. The van der Waals surface area contributed by atoms with E-state index >= 15 is 0 Å². The molecule has 3 rings (SSSR count). The van der Waals surface area contributed by atoms with Gasteiger partial charge in [-0.1, -0.05) is 30.8 Å². The lowest BCUT2D eigenvalue weighted by molar-refractivity contribution is -0.113. The summed E-state index contributed by atoms with van der Waals surface area (Å²) in [4.78, 5) is 37.2. The summed E-state index contributed by atoms with van der Waals surface area (Å²) >= 11 is 2.17. The Hall–Kier alpha value is -3.38. The molecule has 0 bridgehead atoms. The molecule has 0 atom stereocenters. The minimum absolute atomic E-state index is 0.0165. The number of thiophene rings is 1. The molecule has 2 heterocycles. The Labute approximate surface area is 217 Å². The summed E-state index contributed by atoms with van der Waals surface area (Å²) in [5, 5.41) is 11.9. The van der Waals surface area contributed by atoms with Gasteiger partial charge in [0.25, 0.3) is 0 Å². The number of thioether (sulfide) groups is 1. The van der Waals surface area contributed by atoms with Crippen molar-refractivity contribution in [2.45, 2.75) is 45.5 Å². The van der Waals surface area contributed by atoms with E-state index in [-0.39, 0.29) is 33.7 Å². The summed E-state index contributed by atoms with van der Waals surface area (Å²) < 4.78 is 17.3. The standard InChI is InChI=1S/C24H28N4O6S2/c1-6-15-8-10-16(11-9-15)34-12-17-26-27-24(28(17)7-2)35-13-18(29)25-21-19(22(30)32-4)14(3)20(36-21)23(31)33-5/h8-11H,6-7,12-13H2,1-5H3,(H,25,29). The van der Waals surface area contributed by atoms with Crippen molar-refractivity contribution in [3.8, 4) is 5.75 Å². The number of esters is 2. The van der Waals surface area contributed by atoms with Crippen LogP contribution in [0.1, 0.15) is 50.8 Å². The summed E-state index contributed by atoms with van der Waals surface area (Å²) in [5.74, 6) is -0.216. The van der Waals surface area contributed by atoms with Gasteiger partial charge < -0.3 is 24.1 Å². The first-order valence-electron chi connectivity index (χ1n) is 11.2. The van der Waals surface area contributed by atoms with Crippen molar-refractivity contribution in [3.05, 3.63) is 51.7 Å². The van der Waals surface area contributed by atoms with Gasteiger partial charge in [0.05, 0.1) is 25.5 Å². The summed E-state index contributed by atoms with van der Waals surface area (Å²) in [6, 6.07) is 7.89. The van der Waals surface area contributed by atoms with E-state index in [1.54, 1.807) is 6.92 Å². The molecule has 0 aliphatic heterocycles. The van der Waals surface area contributed by atoms with Crippen molar-refractivity contribution in [2.75, 3.05) is 25.3 Å². The van der Waals surface area contributed by atoms with Crippen molar-refractivity contribution in [3.63, 3.8) is 0 Å². The lowest BCUT2D eigenvalue weighted by Gasteiger charge is -2.09. The van der Waals surface area contributed by atoms with Crippen LogP contribution in [-0.2, 0) is 33.8 Å². The normalized spacial score (nSPS) is 10.7. The first kappa shape index (κ1) is 27.2. The van der Waals surface area contributed by atoms with Crippen LogP contribution in [0.2, 0.25) is 0 Å². The van der Waals surface area contributed by atoms with Crippen LogP contribution in [0.5, 0.6) is 5.75 Å². The van der Waals surface area contributed by atoms with Gasteiger partial charge in [-0.25, -0.2) is 9.59 Å². The van der Waals surface area contributed by atoms with Crippen molar-refractivity contribution < 1.29 is 28.6 Å². The number of methoxy groups -OCH3 is 2. The largest absolute Gasteiger partial charge is 0.486 e. The molecule has 1 aromatic carbocycles. The molecular formula is C24H28N4O6S2. The van der Waals surface area contributed by atoms with Crippen LogP contribution in [0.3, 0.4) is 0 Å². The highest BCUT2D eigenvalue weighted by Gasteiger charge is 2.27. The van der Waals surface area contributed by atoms with Crippen LogP contribution in [0.15, 0.2) is 29.4 Å². The molecule has 0 unspecified atom stereocenters. The lowest BCUT2D eigenvalue weighted by atomic mass is 10.1. The third-order valence-electron chi connectivity index (χ3n) is 5.30. The van der Waals surface area contributed by atoms with Gasteiger partial charge in [-0.2, -0.15) is 0 Å². The molecule has 3 aromatic rings. The average molecular weight is 533 g/mol. The molecule has 0 fully saturated rings. The number of ether oxygens (including phenoxy) is 3. The molecule has 12 heteroatoms. The fourth-order valence-corrected chi connectivity index (χ4v) is 5.30. The topological polar surface area (TPSA) is 122 Å². The highest BCUT2D eigenvalue weighted by atomic mass is 32.2. The van der Waals surface area contributed by atoms with E-state index in [4.69, 9.17) is 14.2 Å². The maximum Gasteiger partial charge on any atom is 0.348 e. The highest BCUT2D eigenvalue weighted by Crippen LogP contribution is 2.34. The Bertz CT molecular complexity index is 1240. The zero-order chi connectivity index (χ0) is 26.2. The molecule has 2 aromatic heterocycles. The summed E-state index contributed by atoms with van der Waals surface area (Å²) in [6.45, 7) is 6.50. The molecule has 192 valence electrons. The number of aromatic nitrogens is 3. The Balaban J connectivity index is 1.66. The number of nitrogens with one attached hydrogen (secondary N) is 1. The van der Waals surface area contributed by atoms with Gasteiger partial charge in [0.2, 0.25) is 5.91 Å². The van der Waals surface area contributed by atoms with E-state index in [2.05, 4.69) is 22.4 Å². The maximum absolute atomic E-state index is 12.7. The lowest BCUT2D eigenvalue weighted by Crippen LogP contribution is -2.16. The van der Waals surface area contributed by atoms with Gasteiger partial charge in [-0.15, -0.1) is 21.5 Å². The van der Waals surface area contributed by atoms with Crippen LogP contribution in [0.4, 0.5) is 5.00 Å². The SMILES string of the molecule is CCc1ccc(OCc2nnc(SCC(=O)Nc3sc(C(=O)OC)c(C)c3C(=O)OC)n2CC)cc1. The average Bonchev–Trinajstić information content (AvgIpc) is 3.45. The van der Waals surface area contributed by atoms with Gasteiger partial charge in [0, 0.05) is 6.54 Å². The number of benzene rings is 1. The number of hydrogen-bond acceptors (Lipinski definition) is 10. The summed E-state index contributed by atoms with van der Waals surface area (Å²) in [7, 11) is 2.48. The van der Waals surface area contributed by atoms with Gasteiger partial charge >= 0.3 is 11.9 Å². The van der Waals surface area contributed by atoms with Gasteiger partial charge in [0.1, 0.15) is 22.2 Å². The quantitative estimate of drug-likeness (QED) is 0.287. The molecule has 0 radical (unpaired) electrons. The number of aryl methyl sites for hydroxylation is 1. The summed E-state index contributed by atoms with van der Waals surface area (Å²) in [5.41, 5.74) is 1.75. The van der Waals surface area contributed by atoms with E-state index in [0.717, 1.165) is 23.5 Å². The van der Waals surface area contributed by atoms with E-state index in [9.17, 15) is 14.4 Å². The third kappa shape index (κ3) is 6.24. The predicted octanol–water partition coefficient (Wildman–Crippen LogP) is 4.11. The minimum Gasteiger partial charge on any atom is -0.486 e. The van der Waals surface area contributed by atoms with E-state index in [1.165, 1.54) is 31.5 Å². The van der Waals surface area contributed by atoms with E-state index in [0.29, 0.717) is 23.1 Å². The third-order valence-corrected chi connectivity index (χ3v) is 7.46. The molecule has 1 amide bonds. The molecule has 0 saturated carbocycles. The first-order valence-corrected chi connectivity index (χ1v) is 13.0. The van der Waals surface area contributed by atoms with Crippen LogP contribution in [-0.4, -0.2) is 52.6 Å². The fourth-order valence-electron chi connectivity index (χ4n) is 3.35. The molecule has 0 aliphatic rings. The second-order valence-corrected chi connectivity index (χ2v) is 9.47. The second-order valence-electron chi connectivity index (χ2n) is 7.51. The van der Waals surface area contributed by atoms with Crippen LogP contribution < -0.4 is 10.1 Å². The van der Waals surface area contributed by atoms with Crippen molar-refractivity contribution in [1.29, 1.82) is 0 Å². The molecule has 1 N–H and O–H groups in total. The van der Waals surface area contributed by atoms with Gasteiger partial charge in [0.15, 0.2) is 11.0 Å². The monoisotopic (exact) mass is 532 g/mol.